The summed E-state index contributed by atoms with van der Waals surface area (Å²) in [5.41, 5.74) is 2.06. The number of fused-ring (bicyclic) bond motifs is 1. The number of carbonyl (C=O) groups excluding carboxylic acids is 2. The van der Waals surface area contributed by atoms with E-state index in [0.717, 1.165) is 16.3 Å². The highest BCUT2D eigenvalue weighted by molar-refractivity contribution is 8.01. The molecule has 130 valence electrons. The van der Waals surface area contributed by atoms with Gasteiger partial charge < -0.3 is 10.6 Å². The van der Waals surface area contributed by atoms with Gasteiger partial charge in [0.05, 0.1) is 10.9 Å². The zero-order valence-electron chi connectivity index (χ0n) is 14.0. The third-order valence-electron chi connectivity index (χ3n) is 3.79. The molecule has 2 N–H and O–H groups in total. The molecule has 0 bridgehead atoms. The first kappa shape index (κ1) is 17.9. The van der Waals surface area contributed by atoms with Gasteiger partial charge in [-0.25, -0.2) is 0 Å². The Hall–Kier alpha value is -1.92. The van der Waals surface area contributed by atoms with Crippen LogP contribution in [0.1, 0.15) is 12.0 Å². The van der Waals surface area contributed by atoms with Crippen LogP contribution in [0, 0.1) is 6.92 Å². The summed E-state index contributed by atoms with van der Waals surface area (Å²) in [6.45, 7) is 2.65. The number of benzene rings is 2. The van der Waals surface area contributed by atoms with Crippen molar-refractivity contribution in [2.24, 2.45) is 0 Å². The van der Waals surface area contributed by atoms with Crippen LogP contribution in [0.25, 0.3) is 0 Å². The van der Waals surface area contributed by atoms with Crippen molar-refractivity contribution in [2.75, 3.05) is 17.6 Å². The maximum atomic E-state index is 12.1. The van der Waals surface area contributed by atoms with E-state index < -0.39 is 0 Å². The summed E-state index contributed by atoms with van der Waals surface area (Å²) in [4.78, 5) is 26.4. The number of rotatable bonds is 6. The number of thioether (sulfide) groups is 2. The molecule has 2 aromatic rings. The summed E-state index contributed by atoms with van der Waals surface area (Å²) in [6, 6.07) is 16.0. The lowest BCUT2D eigenvalue weighted by Gasteiger charge is -2.23. The van der Waals surface area contributed by atoms with Crippen LogP contribution in [-0.4, -0.2) is 29.4 Å². The SMILES string of the molecule is Cc1ccc(SCCNC(=O)C[C@@H]2Sc3ccccc3NC2=O)cc1. The van der Waals surface area contributed by atoms with E-state index in [1.807, 2.05) is 24.3 Å². The molecule has 1 aliphatic rings. The quantitative estimate of drug-likeness (QED) is 0.600. The molecule has 4 nitrogen and oxygen atoms in total. The van der Waals surface area contributed by atoms with Gasteiger partial charge in [0, 0.05) is 28.5 Å². The van der Waals surface area contributed by atoms with Crippen molar-refractivity contribution in [3.8, 4) is 0 Å². The second-order valence-corrected chi connectivity index (χ2v) is 8.22. The van der Waals surface area contributed by atoms with Gasteiger partial charge in [0.1, 0.15) is 0 Å². The number of amides is 2. The lowest BCUT2D eigenvalue weighted by molar-refractivity contribution is -0.123. The third kappa shape index (κ3) is 5.03. The van der Waals surface area contributed by atoms with Gasteiger partial charge in [-0.1, -0.05) is 29.8 Å². The molecule has 0 saturated heterocycles. The molecule has 0 radical (unpaired) electrons. The molecular formula is C19H20N2O2S2. The molecule has 0 saturated carbocycles. The summed E-state index contributed by atoms with van der Waals surface area (Å²) in [5, 5.41) is 5.39. The van der Waals surface area contributed by atoms with Crippen LogP contribution >= 0.6 is 23.5 Å². The molecule has 1 aliphatic heterocycles. The lowest BCUT2D eigenvalue weighted by Crippen LogP contribution is -2.35. The van der Waals surface area contributed by atoms with Crippen LogP contribution in [0.2, 0.25) is 0 Å². The fraction of sp³-hybridized carbons (Fsp3) is 0.263. The minimum Gasteiger partial charge on any atom is -0.355 e. The molecule has 0 aliphatic carbocycles. The number of carbonyl (C=O) groups is 2. The summed E-state index contributed by atoms with van der Waals surface area (Å²) >= 11 is 3.16. The van der Waals surface area contributed by atoms with Crippen LogP contribution in [0.4, 0.5) is 5.69 Å². The third-order valence-corrected chi connectivity index (χ3v) is 6.08. The van der Waals surface area contributed by atoms with Gasteiger partial charge in [0.15, 0.2) is 0 Å². The van der Waals surface area contributed by atoms with Crippen molar-refractivity contribution < 1.29 is 9.59 Å². The van der Waals surface area contributed by atoms with E-state index in [9.17, 15) is 9.59 Å². The molecule has 2 amide bonds. The minimum absolute atomic E-state index is 0.0865. The second kappa shape index (κ2) is 8.45. The molecule has 3 rings (SSSR count). The van der Waals surface area contributed by atoms with Gasteiger partial charge >= 0.3 is 0 Å². The number of aryl methyl sites for hydroxylation is 1. The molecular weight excluding hydrogens is 352 g/mol. The smallest absolute Gasteiger partial charge is 0.238 e. The Morgan fingerprint density at radius 2 is 1.96 bits per heavy atom. The highest BCUT2D eigenvalue weighted by Crippen LogP contribution is 2.36. The zero-order valence-corrected chi connectivity index (χ0v) is 15.6. The Balaban J connectivity index is 1.42. The zero-order chi connectivity index (χ0) is 17.6. The van der Waals surface area contributed by atoms with E-state index >= 15 is 0 Å². The van der Waals surface area contributed by atoms with Crippen molar-refractivity contribution in [3.63, 3.8) is 0 Å². The standard InChI is InChI=1S/C19H20N2O2S2/c1-13-6-8-14(9-7-13)24-11-10-20-18(22)12-17-19(23)21-15-4-2-3-5-16(15)25-17/h2-9,17H,10-12H2,1H3,(H,20,22)(H,21,23)/t17-/m0/s1. The van der Waals surface area contributed by atoms with Gasteiger partial charge in [-0.3, -0.25) is 9.59 Å². The van der Waals surface area contributed by atoms with Crippen molar-refractivity contribution in [1.29, 1.82) is 0 Å². The van der Waals surface area contributed by atoms with Crippen molar-refractivity contribution in [2.45, 2.75) is 28.4 Å². The van der Waals surface area contributed by atoms with Crippen LogP contribution < -0.4 is 10.6 Å². The Morgan fingerprint density at radius 1 is 1.20 bits per heavy atom. The normalized spacial score (nSPS) is 16.0. The fourth-order valence-electron chi connectivity index (χ4n) is 2.46. The average Bonchev–Trinajstić information content (AvgIpc) is 2.61. The maximum absolute atomic E-state index is 12.1. The van der Waals surface area contributed by atoms with Crippen molar-refractivity contribution >= 4 is 41.0 Å². The lowest BCUT2D eigenvalue weighted by atomic mass is 10.2. The number of hydrogen-bond donors (Lipinski definition) is 2. The summed E-state index contributed by atoms with van der Waals surface area (Å²) < 4.78 is 0. The summed E-state index contributed by atoms with van der Waals surface area (Å²) in [5.74, 6) is 0.617. The van der Waals surface area contributed by atoms with Crippen molar-refractivity contribution in [3.05, 3.63) is 54.1 Å². The second-order valence-electron chi connectivity index (χ2n) is 5.81. The van der Waals surface area contributed by atoms with E-state index in [1.54, 1.807) is 11.8 Å². The molecule has 1 heterocycles. The Labute approximate surface area is 156 Å². The van der Waals surface area contributed by atoms with E-state index in [2.05, 4.69) is 41.8 Å². The van der Waals surface area contributed by atoms with Crippen LogP contribution in [0.5, 0.6) is 0 Å². The molecule has 0 aromatic heterocycles. The topological polar surface area (TPSA) is 58.2 Å². The summed E-state index contributed by atoms with van der Waals surface area (Å²) in [7, 11) is 0. The van der Waals surface area contributed by atoms with Gasteiger partial charge in [0.25, 0.3) is 0 Å². The Bertz CT molecular complexity index is 762. The van der Waals surface area contributed by atoms with Gasteiger partial charge in [0.2, 0.25) is 11.8 Å². The molecule has 0 fully saturated rings. The molecule has 6 heteroatoms. The molecule has 0 spiro atoms. The molecule has 25 heavy (non-hydrogen) atoms. The number of hydrogen-bond acceptors (Lipinski definition) is 4. The monoisotopic (exact) mass is 372 g/mol. The van der Waals surface area contributed by atoms with Gasteiger partial charge in [-0.15, -0.1) is 23.5 Å². The molecule has 0 unspecified atom stereocenters. The number of anilines is 1. The summed E-state index contributed by atoms with van der Waals surface area (Å²) in [6.07, 6.45) is 0.194. The average molecular weight is 373 g/mol. The molecule has 1 atom stereocenters. The van der Waals surface area contributed by atoms with E-state index in [1.165, 1.54) is 22.2 Å². The predicted molar refractivity (Wildman–Crippen MR) is 104 cm³/mol. The van der Waals surface area contributed by atoms with Crippen LogP contribution in [-0.2, 0) is 9.59 Å². The highest BCUT2D eigenvalue weighted by Gasteiger charge is 2.28. The molecule has 2 aromatic carbocycles. The Kier molecular flexibility index (Phi) is 6.04. The Morgan fingerprint density at radius 3 is 2.76 bits per heavy atom. The van der Waals surface area contributed by atoms with Crippen LogP contribution in [0.15, 0.2) is 58.3 Å². The van der Waals surface area contributed by atoms with E-state index in [-0.39, 0.29) is 23.5 Å². The highest BCUT2D eigenvalue weighted by atomic mass is 32.2. The van der Waals surface area contributed by atoms with Crippen LogP contribution in [0.3, 0.4) is 0 Å². The van der Waals surface area contributed by atoms with E-state index in [4.69, 9.17) is 0 Å². The van der Waals surface area contributed by atoms with Gasteiger partial charge in [-0.2, -0.15) is 0 Å². The van der Waals surface area contributed by atoms with E-state index in [0.29, 0.717) is 6.54 Å². The number of nitrogens with one attached hydrogen (secondary N) is 2. The first-order valence-electron chi connectivity index (χ1n) is 8.14. The first-order chi connectivity index (χ1) is 12.1. The van der Waals surface area contributed by atoms with Gasteiger partial charge in [-0.05, 0) is 31.2 Å². The largest absolute Gasteiger partial charge is 0.355 e. The first-order valence-corrected chi connectivity index (χ1v) is 10.0. The number of para-hydroxylation sites is 1. The fourth-order valence-corrected chi connectivity index (χ4v) is 4.34. The predicted octanol–water partition coefficient (Wildman–Crippen LogP) is 3.71. The van der Waals surface area contributed by atoms with Crippen molar-refractivity contribution in [1.82, 2.24) is 5.32 Å². The minimum atomic E-state index is -0.375. The maximum Gasteiger partial charge on any atom is 0.238 e.